The molecule has 5 heteroatoms. The van der Waals surface area contributed by atoms with Gasteiger partial charge in [0.2, 0.25) is 0 Å². The summed E-state index contributed by atoms with van der Waals surface area (Å²) in [5, 5.41) is 3.30. The normalized spacial score (nSPS) is 14.7. The predicted octanol–water partition coefficient (Wildman–Crippen LogP) is 13.2. The van der Waals surface area contributed by atoms with Gasteiger partial charge < -0.3 is 9.97 Å². The number of fused-ring (bicyclic) bond motifs is 3. The zero-order valence-corrected chi connectivity index (χ0v) is 36.2. The summed E-state index contributed by atoms with van der Waals surface area (Å²) in [6.07, 6.45) is -0.0990. The Morgan fingerprint density at radius 2 is 1.38 bits per heavy atom. The van der Waals surface area contributed by atoms with Crippen LogP contribution >= 0.6 is 11.3 Å². The summed E-state index contributed by atoms with van der Waals surface area (Å²) in [7, 11) is -1.70. The zero-order valence-electron chi connectivity index (χ0n) is 39.0. The van der Waals surface area contributed by atoms with Gasteiger partial charge in [-0.1, -0.05) is 132 Å². The molecule has 3 heterocycles. The third kappa shape index (κ3) is 10.1. The van der Waals surface area contributed by atoms with Crippen molar-refractivity contribution in [3.63, 3.8) is 0 Å². The second-order valence-electron chi connectivity index (χ2n) is 16.3. The molecule has 0 atom stereocenters. The van der Waals surface area contributed by atoms with Crippen molar-refractivity contribution in [3.05, 3.63) is 138 Å². The molecule has 7 aromatic rings. The molecular formula is C48H52IrN2SSi-2. The van der Waals surface area contributed by atoms with E-state index in [9.17, 15) is 0 Å². The van der Waals surface area contributed by atoms with Gasteiger partial charge in [0.05, 0.1) is 8.07 Å². The Balaban J connectivity index is 0.000000247. The minimum Gasteiger partial charge on any atom is -0.305 e. The van der Waals surface area contributed by atoms with Crippen molar-refractivity contribution in [2.45, 2.75) is 80.8 Å². The van der Waals surface area contributed by atoms with E-state index in [-0.39, 0.29) is 31.2 Å². The average Bonchev–Trinajstić information content (AvgIpc) is 3.55. The molecule has 0 bridgehead atoms. The minimum absolute atomic E-state index is 0. The van der Waals surface area contributed by atoms with Crippen molar-refractivity contribution < 1.29 is 29.7 Å². The van der Waals surface area contributed by atoms with Crippen molar-refractivity contribution in [2.24, 2.45) is 10.8 Å². The number of benzene rings is 4. The summed E-state index contributed by atoms with van der Waals surface area (Å²) in [5.41, 5.74) is 4.83. The van der Waals surface area contributed by atoms with Crippen molar-refractivity contribution >= 4 is 44.8 Å². The fraction of sp³-hybridized carbons (Fsp3) is 0.292. The molecule has 7 rings (SSSR count). The fourth-order valence-corrected chi connectivity index (χ4v) is 8.74. The molecule has 0 unspecified atom stereocenters. The second kappa shape index (κ2) is 16.3. The Labute approximate surface area is 346 Å². The summed E-state index contributed by atoms with van der Waals surface area (Å²) in [6, 6.07) is 38.3. The molecule has 1 radical (unpaired) electrons. The van der Waals surface area contributed by atoms with Crippen LogP contribution in [0.1, 0.15) is 67.8 Å². The topological polar surface area (TPSA) is 25.8 Å². The van der Waals surface area contributed by atoms with Crippen LogP contribution in [0.5, 0.6) is 0 Å². The fourth-order valence-electron chi connectivity index (χ4n) is 6.10. The Kier molecular flexibility index (Phi) is 9.74. The average molecular weight is 916 g/mol. The molecule has 0 N–H and O–H groups in total. The third-order valence-corrected chi connectivity index (χ3v) is 11.6. The molecule has 0 aliphatic rings. The Morgan fingerprint density at radius 3 is 2.04 bits per heavy atom. The van der Waals surface area contributed by atoms with E-state index in [4.69, 9.17) is 9.60 Å². The molecule has 2 nitrogen and oxygen atoms in total. The van der Waals surface area contributed by atoms with Crippen LogP contribution in [0, 0.1) is 29.8 Å². The number of pyridine rings is 2. The summed E-state index contributed by atoms with van der Waals surface area (Å²) in [6.45, 7) is 15.4. The van der Waals surface area contributed by atoms with Gasteiger partial charge in [0.25, 0.3) is 0 Å². The molecule has 275 valence electrons. The first kappa shape index (κ1) is 31.6. The molecule has 0 saturated heterocycles. The van der Waals surface area contributed by atoms with Gasteiger partial charge in [-0.15, -0.1) is 59.7 Å². The van der Waals surface area contributed by atoms with Crippen LogP contribution in [0.15, 0.2) is 109 Å². The van der Waals surface area contributed by atoms with Crippen LogP contribution < -0.4 is 5.19 Å². The zero-order chi connectivity index (χ0) is 43.3. The van der Waals surface area contributed by atoms with E-state index < -0.39 is 38.5 Å². The van der Waals surface area contributed by atoms with E-state index in [2.05, 4.69) is 72.1 Å². The first-order valence-electron chi connectivity index (χ1n) is 21.2. The second-order valence-corrected chi connectivity index (χ2v) is 22.4. The Bertz CT molecular complexity index is 2610. The molecule has 3 aromatic heterocycles. The quantitative estimate of drug-likeness (QED) is 0.123. The van der Waals surface area contributed by atoms with E-state index >= 15 is 0 Å². The van der Waals surface area contributed by atoms with Gasteiger partial charge in [-0.3, -0.25) is 0 Å². The molecule has 0 aliphatic carbocycles. The number of hydrogen-bond acceptors (Lipinski definition) is 3. The van der Waals surface area contributed by atoms with E-state index in [1.165, 1.54) is 6.20 Å². The van der Waals surface area contributed by atoms with Crippen molar-refractivity contribution in [1.82, 2.24) is 9.97 Å². The van der Waals surface area contributed by atoms with Gasteiger partial charge in [-0.2, -0.15) is 11.3 Å². The monoisotopic (exact) mass is 916 g/mol. The molecule has 0 saturated carbocycles. The number of nitrogens with zero attached hydrogens (tertiary/aromatic N) is 2. The number of thiophene rings is 1. The summed E-state index contributed by atoms with van der Waals surface area (Å²) < 4.78 is 61.3. The largest absolute Gasteiger partial charge is 0.305 e. The van der Waals surface area contributed by atoms with E-state index in [0.29, 0.717) is 5.69 Å². The summed E-state index contributed by atoms with van der Waals surface area (Å²) >= 11 is 1.64. The van der Waals surface area contributed by atoms with Gasteiger partial charge in [0.15, 0.2) is 0 Å². The van der Waals surface area contributed by atoms with Crippen molar-refractivity contribution in [2.75, 3.05) is 0 Å². The summed E-state index contributed by atoms with van der Waals surface area (Å²) in [4.78, 5) is 9.11. The smallest absolute Gasteiger partial charge is 0.0798 e. The third-order valence-electron chi connectivity index (χ3n) is 8.42. The maximum absolute atomic E-state index is 8.84. The maximum Gasteiger partial charge on any atom is 0.0798 e. The molecule has 0 aliphatic heterocycles. The van der Waals surface area contributed by atoms with Gasteiger partial charge in [0.1, 0.15) is 0 Å². The van der Waals surface area contributed by atoms with Crippen LogP contribution in [0.4, 0.5) is 0 Å². The van der Waals surface area contributed by atoms with Gasteiger partial charge >= 0.3 is 0 Å². The first-order valence-corrected chi connectivity index (χ1v) is 22.1. The molecular weight excluding hydrogens is 857 g/mol. The van der Waals surface area contributed by atoms with Gasteiger partial charge in [-0.25, -0.2) is 0 Å². The Morgan fingerprint density at radius 1 is 0.698 bits per heavy atom. The van der Waals surface area contributed by atoms with Crippen LogP contribution in [0.2, 0.25) is 19.6 Å². The van der Waals surface area contributed by atoms with E-state index in [0.717, 1.165) is 58.9 Å². The molecule has 0 amide bonds. The number of hydrogen-bond donors (Lipinski definition) is 0. The summed E-state index contributed by atoms with van der Waals surface area (Å²) in [5.74, 6) is 0. The van der Waals surface area contributed by atoms with Crippen LogP contribution in [0.25, 0.3) is 53.8 Å². The first-order chi connectivity index (χ1) is 27.3. The number of aromatic nitrogens is 2. The predicted molar refractivity (Wildman–Crippen MR) is 229 cm³/mol. The van der Waals surface area contributed by atoms with Gasteiger partial charge in [0, 0.05) is 46.8 Å². The van der Waals surface area contributed by atoms with E-state index in [1.54, 1.807) is 38.2 Å². The number of aryl methyl sites for hydroxylation is 1. The standard InChI is InChI=1S/C29H26NS.C19H26NSi.Ir/c1-19-18-30-26(15-22(19)17-29(2,3)4)25-12-8-11-24-23-14-13-21(16-27(23)31-28(24)25)20-9-6-5-7-10-20;1-19(2,3)13-16-12-17(15-10-8-7-9-11-15)20-14-18(16)21(4,5)6;/h5-11,13-16,18H,17H2,1-4H3;7-10,12,14H,13H2,1-6H3;/q2*-1;/i1D3,17D2;13D2;. The number of rotatable bonds is 6. The SMILES string of the molecule is [2H]C([2H])([2H])c1cnc(-c2[c-]ccc3c2sc2cc(-c4ccccc4)ccc23)cc1C([2H])([2H])C(C)(C)C.[2H]C([2H])(c1cc(-c2[c-]cccc2)ncc1[Si](C)(C)C)C(C)(C)C.[Ir]. The van der Waals surface area contributed by atoms with Crippen LogP contribution in [0.3, 0.4) is 0 Å². The van der Waals surface area contributed by atoms with Crippen LogP contribution in [-0.2, 0) is 32.9 Å². The molecule has 0 spiro atoms. The molecule has 4 aromatic carbocycles. The van der Waals surface area contributed by atoms with Crippen molar-refractivity contribution in [1.29, 1.82) is 0 Å². The molecule has 0 fully saturated rings. The van der Waals surface area contributed by atoms with Crippen LogP contribution in [-0.4, -0.2) is 18.0 Å². The van der Waals surface area contributed by atoms with Crippen molar-refractivity contribution in [3.8, 4) is 33.6 Å². The van der Waals surface area contributed by atoms with E-state index in [1.807, 2.05) is 87.6 Å². The van der Waals surface area contributed by atoms with Gasteiger partial charge in [-0.05, 0) is 79.8 Å². The minimum atomic E-state index is -2.47. The Hall–Kier alpha value is -3.73. The maximum atomic E-state index is 8.84. The molecule has 53 heavy (non-hydrogen) atoms.